The van der Waals surface area contributed by atoms with Crippen molar-refractivity contribution in [2.45, 2.75) is 85.4 Å². The van der Waals surface area contributed by atoms with E-state index in [0.29, 0.717) is 18.9 Å². The van der Waals surface area contributed by atoms with E-state index < -0.39 is 23.0 Å². The SMILES string of the molecule is CC#C[C@]1(C)C[C@@H](OC(=O)NC(=O)[C@H]2CN3CC[C@@H]2C3)[C@@]2(C)C3[C@H](OC)CCC3(CC[C@H]2C)[C@@H](C)C1=O. The van der Waals surface area contributed by atoms with Gasteiger partial charge in [0.2, 0.25) is 5.91 Å². The molecule has 4 bridgehead atoms. The van der Waals surface area contributed by atoms with Crippen molar-refractivity contribution in [2.75, 3.05) is 26.7 Å². The minimum absolute atomic E-state index is 0.00324. The van der Waals surface area contributed by atoms with Crippen LogP contribution in [-0.2, 0) is 19.1 Å². The lowest BCUT2D eigenvalue weighted by Crippen LogP contribution is -2.63. The van der Waals surface area contributed by atoms with Gasteiger partial charge in [-0.25, -0.2) is 4.79 Å². The highest BCUT2D eigenvalue weighted by Gasteiger charge is 2.68. The maximum atomic E-state index is 14.1. The number of ether oxygens (including phenoxy) is 2. The predicted octanol–water partition coefficient (Wildman–Crippen LogP) is 4.05. The third kappa shape index (κ3) is 3.97. The van der Waals surface area contributed by atoms with Gasteiger partial charge in [-0.3, -0.25) is 14.9 Å². The van der Waals surface area contributed by atoms with E-state index in [9.17, 15) is 14.4 Å². The maximum absolute atomic E-state index is 14.1. The lowest BCUT2D eigenvalue weighted by Gasteiger charge is -2.61. The summed E-state index contributed by atoms with van der Waals surface area (Å²) in [6.45, 7) is 12.9. The molecule has 1 N–H and O–H groups in total. The van der Waals surface area contributed by atoms with Crippen molar-refractivity contribution in [3.05, 3.63) is 0 Å². The average Bonchev–Trinajstić information content (AvgIpc) is 3.59. The van der Waals surface area contributed by atoms with Gasteiger partial charge < -0.3 is 14.4 Å². The summed E-state index contributed by atoms with van der Waals surface area (Å²) < 4.78 is 12.3. The molecule has 5 aliphatic rings. The molecular weight excluding hydrogens is 468 g/mol. The lowest BCUT2D eigenvalue weighted by atomic mass is 9.44. The summed E-state index contributed by atoms with van der Waals surface area (Å²) >= 11 is 0. The number of hydrogen-bond acceptors (Lipinski definition) is 6. The second kappa shape index (κ2) is 9.38. The normalized spacial score (nSPS) is 48.3. The van der Waals surface area contributed by atoms with E-state index in [1.165, 1.54) is 0 Å². The third-order valence-corrected chi connectivity index (χ3v) is 11.6. The Morgan fingerprint density at radius 3 is 2.46 bits per heavy atom. The number of piperidine rings is 1. The molecule has 0 aromatic carbocycles. The molecule has 5 rings (SSSR count). The van der Waals surface area contributed by atoms with Gasteiger partial charge in [0.1, 0.15) is 6.10 Å². The second-order valence-corrected chi connectivity index (χ2v) is 13.1. The molecule has 0 aromatic rings. The van der Waals surface area contributed by atoms with Crippen LogP contribution >= 0.6 is 0 Å². The first-order chi connectivity index (χ1) is 17.5. The molecule has 7 nitrogen and oxygen atoms in total. The molecule has 2 amide bonds. The van der Waals surface area contributed by atoms with Gasteiger partial charge in [0.05, 0.1) is 17.4 Å². The number of nitrogens with zero attached hydrogens (tertiary/aromatic N) is 1. The first kappa shape index (κ1) is 26.7. The Balaban J connectivity index is 1.49. The van der Waals surface area contributed by atoms with Gasteiger partial charge in [0, 0.05) is 43.9 Å². The van der Waals surface area contributed by atoms with Crippen LogP contribution in [0.5, 0.6) is 0 Å². The van der Waals surface area contributed by atoms with E-state index in [1.807, 2.05) is 6.92 Å². The summed E-state index contributed by atoms with van der Waals surface area (Å²) in [4.78, 5) is 42.8. The van der Waals surface area contributed by atoms with Crippen LogP contribution in [0, 0.1) is 57.7 Å². The zero-order chi connectivity index (χ0) is 26.8. The second-order valence-electron chi connectivity index (χ2n) is 13.1. The molecule has 2 heterocycles. The first-order valence-electron chi connectivity index (χ1n) is 14.2. The molecule has 0 radical (unpaired) electrons. The van der Waals surface area contributed by atoms with Crippen molar-refractivity contribution in [2.24, 2.45) is 45.8 Å². The predicted molar refractivity (Wildman–Crippen MR) is 139 cm³/mol. The van der Waals surface area contributed by atoms with Gasteiger partial charge in [-0.05, 0) is 69.7 Å². The van der Waals surface area contributed by atoms with Crippen LogP contribution < -0.4 is 5.32 Å². The number of imide groups is 1. The number of alkyl carbamates (subject to hydrolysis) is 1. The Labute approximate surface area is 221 Å². The highest BCUT2D eigenvalue weighted by molar-refractivity contribution is 5.94. The molecule has 2 aliphatic heterocycles. The van der Waals surface area contributed by atoms with E-state index in [2.05, 4.69) is 42.8 Å². The highest BCUT2D eigenvalue weighted by atomic mass is 16.6. The Bertz CT molecular complexity index is 1030. The molecule has 3 aliphatic carbocycles. The summed E-state index contributed by atoms with van der Waals surface area (Å²) in [5.74, 6) is 6.45. The molecular formula is C30H44N2O5. The zero-order valence-corrected chi connectivity index (χ0v) is 23.4. The van der Waals surface area contributed by atoms with Crippen LogP contribution in [-0.4, -0.2) is 61.6 Å². The summed E-state index contributed by atoms with van der Waals surface area (Å²) in [5, 5.41) is 2.58. The molecule has 0 aromatic heterocycles. The van der Waals surface area contributed by atoms with Crippen LogP contribution in [0.25, 0.3) is 0 Å². The fourth-order valence-electron chi connectivity index (χ4n) is 9.40. The molecule has 37 heavy (non-hydrogen) atoms. The van der Waals surface area contributed by atoms with E-state index in [4.69, 9.17) is 9.47 Å². The summed E-state index contributed by atoms with van der Waals surface area (Å²) in [5.41, 5.74) is -1.55. The standard InChI is InChI=1S/C30H44N2O5/c1-7-11-28(4)15-23(37-27(35)31-26(34)21-17-32-14-10-20(21)16-32)29(5)18(2)8-12-30(19(3)25(28)33)13-9-22(36-6)24(29)30/h18-24H,8-10,12-17H2,1-6H3,(H,31,34,35)/t18-,19+,20-,21+,22-,23-,24?,28-,29+,30?/m1/s1. The van der Waals surface area contributed by atoms with E-state index in [1.54, 1.807) is 14.0 Å². The van der Waals surface area contributed by atoms with E-state index in [0.717, 1.165) is 45.2 Å². The van der Waals surface area contributed by atoms with Crippen molar-refractivity contribution in [3.63, 3.8) is 0 Å². The van der Waals surface area contributed by atoms with Crippen molar-refractivity contribution >= 4 is 17.8 Å². The maximum Gasteiger partial charge on any atom is 0.414 e. The van der Waals surface area contributed by atoms with Crippen molar-refractivity contribution in [3.8, 4) is 11.8 Å². The first-order valence-corrected chi connectivity index (χ1v) is 14.2. The molecule has 3 saturated carbocycles. The summed E-state index contributed by atoms with van der Waals surface area (Å²) in [7, 11) is 1.76. The van der Waals surface area contributed by atoms with Crippen LogP contribution in [0.2, 0.25) is 0 Å². The Morgan fingerprint density at radius 2 is 1.84 bits per heavy atom. The number of methoxy groups -OCH3 is 1. The average molecular weight is 513 g/mol. The molecule has 204 valence electrons. The van der Waals surface area contributed by atoms with E-state index >= 15 is 0 Å². The Kier molecular flexibility index (Phi) is 6.76. The van der Waals surface area contributed by atoms with Gasteiger partial charge >= 0.3 is 6.09 Å². The third-order valence-electron chi connectivity index (χ3n) is 11.6. The minimum atomic E-state index is -0.928. The van der Waals surface area contributed by atoms with E-state index in [-0.39, 0.29) is 46.9 Å². The van der Waals surface area contributed by atoms with Gasteiger partial charge in [0.15, 0.2) is 5.78 Å². The van der Waals surface area contributed by atoms with Gasteiger partial charge in [-0.15, -0.1) is 5.92 Å². The molecule has 7 heteroatoms. The van der Waals surface area contributed by atoms with Crippen LogP contribution in [0.15, 0.2) is 0 Å². The number of Topliss-reactive ketones (excluding diaryl/α,β-unsaturated/α-hetero) is 1. The van der Waals surface area contributed by atoms with Crippen molar-refractivity contribution in [1.82, 2.24) is 10.2 Å². The van der Waals surface area contributed by atoms with Crippen molar-refractivity contribution in [1.29, 1.82) is 0 Å². The number of hydrogen-bond donors (Lipinski definition) is 1. The number of carbonyl (C=O) groups is 3. The lowest BCUT2D eigenvalue weighted by molar-refractivity contribution is -0.188. The molecule has 2 saturated heterocycles. The number of ketones is 1. The number of rotatable bonds is 3. The quantitative estimate of drug-likeness (QED) is 0.575. The molecule has 3 unspecified atom stereocenters. The fraction of sp³-hybridized carbons (Fsp3) is 0.833. The summed E-state index contributed by atoms with van der Waals surface area (Å²) in [6.07, 6.45) is 3.82. The van der Waals surface area contributed by atoms with Gasteiger partial charge in [0.25, 0.3) is 0 Å². The van der Waals surface area contributed by atoms with Crippen molar-refractivity contribution < 1.29 is 23.9 Å². The number of nitrogens with one attached hydrogen (secondary N) is 1. The number of amides is 2. The molecule has 5 fully saturated rings. The largest absolute Gasteiger partial charge is 0.445 e. The monoisotopic (exact) mass is 512 g/mol. The highest BCUT2D eigenvalue weighted by Crippen LogP contribution is 2.68. The molecule has 11 atom stereocenters. The van der Waals surface area contributed by atoms with Gasteiger partial charge in [-0.2, -0.15) is 0 Å². The summed E-state index contributed by atoms with van der Waals surface area (Å²) in [6, 6.07) is 0. The number of fused-ring (bicyclic) bond motifs is 2. The zero-order valence-electron chi connectivity index (χ0n) is 23.4. The molecule has 0 spiro atoms. The Morgan fingerprint density at radius 1 is 1.11 bits per heavy atom. The van der Waals surface area contributed by atoms with Crippen LogP contribution in [0.1, 0.15) is 73.1 Å². The number of carbonyl (C=O) groups excluding carboxylic acids is 3. The van der Waals surface area contributed by atoms with Gasteiger partial charge in [-0.1, -0.05) is 26.7 Å². The minimum Gasteiger partial charge on any atom is -0.445 e. The smallest absolute Gasteiger partial charge is 0.414 e. The fourth-order valence-corrected chi connectivity index (χ4v) is 9.40. The van der Waals surface area contributed by atoms with Crippen LogP contribution in [0.4, 0.5) is 4.79 Å². The van der Waals surface area contributed by atoms with Crippen LogP contribution in [0.3, 0.4) is 0 Å². The topological polar surface area (TPSA) is 84.9 Å². The Hall–Kier alpha value is -1.91.